The molecule has 21 heavy (non-hydrogen) atoms. The average Bonchev–Trinajstić information content (AvgIpc) is 2.96. The van der Waals surface area contributed by atoms with Gasteiger partial charge in [-0.25, -0.2) is 0 Å². The van der Waals surface area contributed by atoms with Gasteiger partial charge in [-0.05, 0) is 37.3 Å². The molecule has 2 rings (SSSR count). The molecule has 1 fully saturated rings. The van der Waals surface area contributed by atoms with Gasteiger partial charge in [0, 0.05) is 6.20 Å². The van der Waals surface area contributed by atoms with E-state index in [4.69, 9.17) is 4.74 Å². The summed E-state index contributed by atoms with van der Waals surface area (Å²) in [5.41, 5.74) is 2.05. The highest BCUT2D eigenvalue weighted by atomic mass is 16.5. The van der Waals surface area contributed by atoms with Gasteiger partial charge >= 0.3 is 0 Å². The van der Waals surface area contributed by atoms with E-state index in [0.29, 0.717) is 0 Å². The fourth-order valence-corrected chi connectivity index (χ4v) is 2.84. The van der Waals surface area contributed by atoms with Crippen LogP contribution in [0.5, 0.6) is 0 Å². The van der Waals surface area contributed by atoms with Gasteiger partial charge in [-0.1, -0.05) is 32.8 Å². The van der Waals surface area contributed by atoms with Gasteiger partial charge in [-0.15, -0.1) is 0 Å². The summed E-state index contributed by atoms with van der Waals surface area (Å²) < 4.78 is 5.68. The molecule has 0 aromatic carbocycles. The average molecular weight is 290 g/mol. The van der Waals surface area contributed by atoms with Gasteiger partial charge in [0.15, 0.2) is 0 Å². The first-order chi connectivity index (χ1) is 10.1. The Hall–Kier alpha value is -1.42. The zero-order valence-electron chi connectivity index (χ0n) is 13.3. The maximum atomic E-state index is 12.1. The molecule has 1 aromatic rings. The summed E-state index contributed by atoms with van der Waals surface area (Å²) in [6.07, 6.45) is 6.64. The lowest BCUT2D eigenvalue weighted by atomic mass is 9.97. The van der Waals surface area contributed by atoms with Gasteiger partial charge < -0.3 is 10.1 Å². The van der Waals surface area contributed by atoms with Crippen LogP contribution in [0.2, 0.25) is 0 Å². The van der Waals surface area contributed by atoms with Crippen LogP contribution in [0.25, 0.3) is 0 Å². The van der Waals surface area contributed by atoms with Crippen LogP contribution in [0.15, 0.2) is 18.3 Å². The van der Waals surface area contributed by atoms with Crippen molar-refractivity contribution in [2.75, 3.05) is 6.61 Å². The predicted molar refractivity (Wildman–Crippen MR) is 82.9 cm³/mol. The van der Waals surface area contributed by atoms with Gasteiger partial charge in [-0.3, -0.25) is 9.78 Å². The van der Waals surface area contributed by atoms with Crippen LogP contribution >= 0.6 is 0 Å². The molecule has 1 unspecified atom stereocenters. The number of hydrogen-bond donors (Lipinski definition) is 1. The monoisotopic (exact) mass is 290 g/mol. The van der Waals surface area contributed by atoms with E-state index >= 15 is 0 Å². The minimum absolute atomic E-state index is 0.0503. The van der Waals surface area contributed by atoms with Crippen LogP contribution < -0.4 is 5.32 Å². The number of amides is 1. The van der Waals surface area contributed by atoms with Gasteiger partial charge in [-0.2, -0.15) is 0 Å². The van der Waals surface area contributed by atoms with Crippen LogP contribution in [0.3, 0.4) is 0 Å². The minimum atomic E-state index is -0.0640. The number of aromatic nitrogens is 1. The summed E-state index contributed by atoms with van der Waals surface area (Å²) in [5, 5.41) is 3.07. The van der Waals surface area contributed by atoms with Crippen molar-refractivity contribution in [3.8, 4) is 0 Å². The second kappa shape index (κ2) is 7.55. The molecular weight excluding hydrogens is 264 g/mol. The van der Waals surface area contributed by atoms with Crippen LogP contribution in [-0.4, -0.2) is 23.6 Å². The van der Waals surface area contributed by atoms with Crippen molar-refractivity contribution in [2.24, 2.45) is 5.92 Å². The van der Waals surface area contributed by atoms with E-state index in [-0.39, 0.29) is 30.6 Å². The summed E-state index contributed by atoms with van der Waals surface area (Å²) in [4.78, 5) is 16.6. The highest BCUT2D eigenvalue weighted by Crippen LogP contribution is 2.23. The van der Waals surface area contributed by atoms with E-state index in [2.05, 4.69) is 24.1 Å². The fraction of sp³-hybridized carbons (Fsp3) is 0.647. The maximum Gasteiger partial charge on any atom is 0.246 e. The number of ether oxygens (including phenoxy) is 1. The molecule has 0 saturated heterocycles. The molecule has 0 spiro atoms. The molecule has 0 radical (unpaired) electrons. The largest absolute Gasteiger partial charge is 0.368 e. The molecule has 1 N–H and O–H groups in total. The Morgan fingerprint density at radius 3 is 2.76 bits per heavy atom. The molecule has 4 nitrogen and oxygen atoms in total. The molecule has 1 aliphatic carbocycles. The van der Waals surface area contributed by atoms with E-state index < -0.39 is 0 Å². The van der Waals surface area contributed by atoms with Crippen LogP contribution in [0.1, 0.15) is 56.8 Å². The number of rotatable bonds is 6. The first kappa shape index (κ1) is 16.0. The molecule has 116 valence electrons. The predicted octanol–water partition coefficient (Wildman–Crippen LogP) is 3.16. The topological polar surface area (TPSA) is 51.2 Å². The van der Waals surface area contributed by atoms with Crippen molar-refractivity contribution in [1.29, 1.82) is 0 Å². The zero-order chi connectivity index (χ0) is 15.2. The van der Waals surface area contributed by atoms with Crippen molar-refractivity contribution >= 4 is 5.91 Å². The second-order valence-corrected chi connectivity index (χ2v) is 6.21. The Morgan fingerprint density at radius 1 is 1.43 bits per heavy atom. The molecule has 0 bridgehead atoms. The standard InChI is InChI=1S/C17H26N2O2/c1-12(2)16(17-13(3)7-6-10-18-17)19-15(20)11-21-14-8-4-5-9-14/h6-7,10,12,14,16H,4-5,8-9,11H2,1-3H3,(H,19,20). The summed E-state index contributed by atoms with van der Waals surface area (Å²) >= 11 is 0. The highest BCUT2D eigenvalue weighted by molar-refractivity contribution is 5.77. The van der Waals surface area contributed by atoms with Crippen molar-refractivity contribution in [3.63, 3.8) is 0 Å². The molecule has 1 atom stereocenters. The normalized spacial score (nSPS) is 17.1. The minimum Gasteiger partial charge on any atom is -0.368 e. The Morgan fingerprint density at radius 2 is 2.14 bits per heavy atom. The van der Waals surface area contributed by atoms with Crippen molar-refractivity contribution in [1.82, 2.24) is 10.3 Å². The number of carbonyl (C=O) groups excluding carboxylic acids is 1. The quantitative estimate of drug-likeness (QED) is 0.875. The lowest BCUT2D eigenvalue weighted by Gasteiger charge is -2.23. The van der Waals surface area contributed by atoms with Crippen molar-refractivity contribution < 1.29 is 9.53 Å². The molecule has 0 aliphatic heterocycles. The number of aryl methyl sites for hydroxylation is 1. The Kier molecular flexibility index (Phi) is 5.74. The second-order valence-electron chi connectivity index (χ2n) is 6.21. The molecule has 1 aliphatic rings. The first-order valence-electron chi connectivity index (χ1n) is 7.90. The SMILES string of the molecule is Cc1cccnc1C(NC(=O)COC1CCCC1)C(C)C. The van der Waals surface area contributed by atoms with Crippen LogP contribution in [0, 0.1) is 12.8 Å². The Bertz CT molecular complexity index is 468. The molecule has 1 aromatic heterocycles. The lowest BCUT2D eigenvalue weighted by Crippen LogP contribution is -2.36. The molecule has 1 heterocycles. The third kappa shape index (κ3) is 4.53. The van der Waals surface area contributed by atoms with Gasteiger partial charge in [0.1, 0.15) is 6.61 Å². The van der Waals surface area contributed by atoms with E-state index in [1.807, 2.05) is 19.1 Å². The fourth-order valence-electron chi connectivity index (χ4n) is 2.84. The van der Waals surface area contributed by atoms with E-state index in [0.717, 1.165) is 24.1 Å². The summed E-state index contributed by atoms with van der Waals surface area (Å²) in [5.74, 6) is 0.236. The Balaban J connectivity index is 1.93. The molecule has 1 saturated carbocycles. The number of carbonyl (C=O) groups is 1. The zero-order valence-corrected chi connectivity index (χ0v) is 13.3. The summed E-state index contributed by atoms with van der Waals surface area (Å²) in [6.45, 7) is 6.37. The third-order valence-electron chi connectivity index (χ3n) is 4.08. The van der Waals surface area contributed by atoms with Crippen molar-refractivity contribution in [2.45, 2.75) is 58.6 Å². The number of hydrogen-bond acceptors (Lipinski definition) is 3. The number of nitrogens with zero attached hydrogens (tertiary/aromatic N) is 1. The number of pyridine rings is 1. The van der Waals surface area contributed by atoms with Gasteiger partial charge in [0.2, 0.25) is 5.91 Å². The van der Waals surface area contributed by atoms with Crippen LogP contribution in [0.4, 0.5) is 0 Å². The Labute approximate surface area is 127 Å². The summed E-state index contributed by atoms with van der Waals surface area (Å²) in [7, 11) is 0. The first-order valence-corrected chi connectivity index (χ1v) is 7.90. The lowest BCUT2D eigenvalue weighted by molar-refractivity contribution is -0.128. The van der Waals surface area contributed by atoms with Crippen LogP contribution in [-0.2, 0) is 9.53 Å². The third-order valence-corrected chi connectivity index (χ3v) is 4.08. The van der Waals surface area contributed by atoms with Gasteiger partial charge in [0.05, 0.1) is 17.8 Å². The van der Waals surface area contributed by atoms with Crippen molar-refractivity contribution in [3.05, 3.63) is 29.6 Å². The number of nitrogens with one attached hydrogen (secondary N) is 1. The molecule has 4 heteroatoms. The molecular formula is C17H26N2O2. The highest BCUT2D eigenvalue weighted by Gasteiger charge is 2.22. The smallest absolute Gasteiger partial charge is 0.246 e. The van der Waals surface area contributed by atoms with E-state index in [1.165, 1.54) is 12.8 Å². The van der Waals surface area contributed by atoms with Gasteiger partial charge in [0.25, 0.3) is 0 Å². The maximum absolute atomic E-state index is 12.1. The summed E-state index contributed by atoms with van der Waals surface area (Å²) in [6, 6.07) is 3.88. The van der Waals surface area contributed by atoms with E-state index in [1.54, 1.807) is 6.20 Å². The van der Waals surface area contributed by atoms with E-state index in [9.17, 15) is 4.79 Å². The molecule has 1 amide bonds.